The summed E-state index contributed by atoms with van der Waals surface area (Å²) in [5, 5.41) is 1.79. The van der Waals surface area contributed by atoms with Gasteiger partial charge in [0.15, 0.2) is 0 Å². The van der Waals surface area contributed by atoms with E-state index in [4.69, 9.17) is 27.9 Å². The molecule has 5 rings (SSSR count). The third-order valence-electron chi connectivity index (χ3n) is 5.72. The van der Waals surface area contributed by atoms with Gasteiger partial charge in [-0.3, -0.25) is 0 Å². The van der Waals surface area contributed by atoms with Gasteiger partial charge < -0.3 is 4.74 Å². The number of fused-ring (bicyclic) bond motifs is 1. The van der Waals surface area contributed by atoms with Crippen LogP contribution in [0.4, 0.5) is 5.95 Å². The van der Waals surface area contributed by atoms with Gasteiger partial charge >= 0.3 is 0 Å². The van der Waals surface area contributed by atoms with Crippen LogP contribution in [-0.2, 0) is 10.0 Å². The molecule has 8 nitrogen and oxygen atoms in total. The molecule has 2 aromatic heterocycles. The molecule has 1 N–H and O–H groups in total. The van der Waals surface area contributed by atoms with Crippen molar-refractivity contribution in [1.29, 1.82) is 0 Å². The minimum Gasteiger partial charge on any atom is -0.496 e. The van der Waals surface area contributed by atoms with Crippen LogP contribution in [0.25, 0.3) is 33.3 Å². The van der Waals surface area contributed by atoms with Crippen molar-refractivity contribution in [3.05, 3.63) is 88.9 Å². The summed E-state index contributed by atoms with van der Waals surface area (Å²) in [7, 11) is -2.37. The van der Waals surface area contributed by atoms with Gasteiger partial charge in [-0.1, -0.05) is 29.3 Å². The maximum Gasteiger partial charge on any atom is 0.264 e. The molecule has 0 saturated carbocycles. The van der Waals surface area contributed by atoms with Gasteiger partial charge in [-0.2, -0.15) is 0 Å². The Morgan fingerprint density at radius 1 is 0.865 bits per heavy atom. The molecule has 0 aliphatic carbocycles. The SMILES string of the molecule is COc1cc(-c2ccc(Cl)c(C)c2)c(Cl)cc1-c1ncnc2cc(S(=O)(=O)Nc3ncccn3)ccc12. The molecule has 0 atom stereocenters. The number of aryl methyl sites for hydroxylation is 1. The molecule has 0 aliphatic heterocycles. The molecule has 0 bridgehead atoms. The topological polar surface area (TPSA) is 107 Å². The summed E-state index contributed by atoms with van der Waals surface area (Å²) < 4.78 is 33.8. The zero-order valence-corrected chi connectivity index (χ0v) is 21.9. The van der Waals surface area contributed by atoms with E-state index in [-0.39, 0.29) is 10.8 Å². The van der Waals surface area contributed by atoms with Crippen molar-refractivity contribution in [3.8, 4) is 28.1 Å². The van der Waals surface area contributed by atoms with E-state index in [9.17, 15) is 8.42 Å². The van der Waals surface area contributed by atoms with E-state index in [1.165, 1.54) is 30.9 Å². The second-order valence-corrected chi connectivity index (χ2v) is 10.6. The fraction of sp³-hybridized carbons (Fsp3) is 0.0769. The number of hydrogen-bond donors (Lipinski definition) is 1. The normalized spacial score (nSPS) is 11.5. The van der Waals surface area contributed by atoms with Gasteiger partial charge in [0.2, 0.25) is 5.95 Å². The Bertz CT molecular complexity index is 1750. The zero-order chi connectivity index (χ0) is 26.2. The van der Waals surface area contributed by atoms with Crippen LogP contribution in [0.5, 0.6) is 5.75 Å². The number of methoxy groups -OCH3 is 1. The van der Waals surface area contributed by atoms with Crippen molar-refractivity contribution in [2.75, 3.05) is 11.8 Å². The first-order valence-corrected chi connectivity index (χ1v) is 13.2. The number of anilines is 1. The molecule has 186 valence electrons. The summed E-state index contributed by atoms with van der Waals surface area (Å²) >= 11 is 12.9. The first-order valence-electron chi connectivity index (χ1n) is 11.0. The molecule has 11 heteroatoms. The number of ether oxygens (including phenoxy) is 1. The number of aromatic nitrogens is 4. The third kappa shape index (κ3) is 4.93. The monoisotopic (exact) mass is 551 g/mol. The van der Waals surface area contributed by atoms with Crippen molar-refractivity contribution in [2.45, 2.75) is 11.8 Å². The molecular formula is C26H19Cl2N5O3S. The van der Waals surface area contributed by atoms with Gasteiger partial charge in [0, 0.05) is 39.0 Å². The molecule has 0 aliphatic rings. The average Bonchev–Trinajstić information content (AvgIpc) is 2.90. The first kappa shape index (κ1) is 24.9. The van der Waals surface area contributed by atoms with Gasteiger partial charge in [0.1, 0.15) is 12.1 Å². The lowest BCUT2D eigenvalue weighted by Crippen LogP contribution is -2.14. The lowest BCUT2D eigenvalue weighted by Gasteiger charge is -2.15. The summed E-state index contributed by atoms with van der Waals surface area (Å²) in [5.41, 5.74) is 4.22. The van der Waals surface area contributed by atoms with Gasteiger partial charge in [-0.15, -0.1) is 0 Å². The van der Waals surface area contributed by atoms with Gasteiger partial charge in [-0.05, 0) is 66.6 Å². The number of sulfonamides is 1. The molecule has 0 fully saturated rings. The van der Waals surface area contributed by atoms with E-state index in [1.807, 2.05) is 31.2 Å². The molecule has 0 unspecified atom stereocenters. The average molecular weight is 552 g/mol. The lowest BCUT2D eigenvalue weighted by atomic mass is 9.98. The smallest absolute Gasteiger partial charge is 0.264 e. The van der Waals surface area contributed by atoms with Gasteiger partial charge in [-0.25, -0.2) is 33.1 Å². The minimum absolute atomic E-state index is 0.00977. The van der Waals surface area contributed by atoms with Crippen LogP contribution in [0.15, 0.2) is 78.2 Å². The molecule has 3 aromatic carbocycles. The molecular weight excluding hydrogens is 533 g/mol. The number of nitrogens with one attached hydrogen (secondary N) is 1. The Morgan fingerprint density at radius 2 is 1.65 bits per heavy atom. The Morgan fingerprint density at radius 3 is 2.38 bits per heavy atom. The zero-order valence-electron chi connectivity index (χ0n) is 19.6. The molecule has 0 radical (unpaired) electrons. The number of rotatable bonds is 6. The molecule has 37 heavy (non-hydrogen) atoms. The number of nitrogens with zero attached hydrogens (tertiary/aromatic N) is 4. The van der Waals surface area contributed by atoms with Crippen molar-refractivity contribution in [2.24, 2.45) is 0 Å². The van der Waals surface area contributed by atoms with Crippen LogP contribution in [0.1, 0.15) is 5.56 Å². The van der Waals surface area contributed by atoms with Crippen LogP contribution in [0, 0.1) is 6.92 Å². The summed E-state index contributed by atoms with van der Waals surface area (Å²) in [6, 6.07) is 15.5. The highest BCUT2D eigenvalue weighted by Gasteiger charge is 2.20. The Labute approximate surface area is 223 Å². The second kappa shape index (κ2) is 9.93. The highest BCUT2D eigenvalue weighted by molar-refractivity contribution is 7.92. The van der Waals surface area contributed by atoms with E-state index in [1.54, 1.807) is 25.3 Å². The maximum atomic E-state index is 12.9. The number of hydrogen-bond acceptors (Lipinski definition) is 7. The molecule has 0 spiro atoms. The van der Waals surface area contributed by atoms with Crippen molar-refractivity contribution in [1.82, 2.24) is 19.9 Å². The summed E-state index contributed by atoms with van der Waals surface area (Å²) in [4.78, 5) is 16.6. The van der Waals surface area contributed by atoms with Crippen LogP contribution in [0.3, 0.4) is 0 Å². The molecule has 2 heterocycles. The molecule has 0 amide bonds. The first-order chi connectivity index (χ1) is 17.8. The maximum absolute atomic E-state index is 12.9. The van der Waals surface area contributed by atoms with Crippen molar-refractivity contribution >= 4 is 50.1 Å². The quantitative estimate of drug-likeness (QED) is 0.268. The standard InChI is InChI=1S/C26H19Cl2N5O3S/c1-15-10-16(4-7-21(15)27)19-13-24(36-2)20(12-22(19)28)25-18-6-5-17(11-23(18)31-14-32-25)37(34,35)33-26-29-8-3-9-30-26/h3-14H,1-2H3,(H,29,30,33). The Hall–Kier alpha value is -3.79. The van der Waals surface area contributed by atoms with E-state index in [0.29, 0.717) is 38.0 Å². The summed E-state index contributed by atoms with van der Waals surface area (Å²) in [5.74, 6) is 0.521. The largest absolute Gasteiger partial charge is 0.496 e. The summed E-state index contributed by atoms with van der Waals surface area (Å²) in [6.45, 7) is 1.93. The van der Waals surface area contributed by atoms with Crippen molar-refractivity contribution in [3.63, 3.8) is 0 Å². The highest BCUT2D eigenvalue weighted by atomic mass is 35.5. The number of halogens is 2. The van der Waals surface area contributed by atoms with Gasteiger partial charge in [0.05, 0.1) is 23.2 Å². The predicted octanol–water partition coefficient (Wildman–Crippen LogP) is 6.18. The Balaban J connectivity index is 1.58. The molecule has 0 saturated heterocycles. The second-order valence-electron chi connectivity index (χ2n) is 8.08. The van der Waals surface area contributed by atoms with Crippen LogP contribution >= 0.6 is 23.2 Å². The minimum atomic E-state index is -3.94. The van der Waals surface area contributed by atoms with E-state index in [2.05, 4.69) is 24.7 Å². The van der Waals surface area contributed by atoms with Gasteiger partial charge in [0.25, 0.3) is 10.0 Å². The van der Waals surface area contributed by atoms with Crippen LogP contribution < -0.4 is 9.46 Å². The van der Waals surface area contributed by atoms with Crippen molar-refractivity contribution < 1.29 is 13.2 Å². The highest BCUT2D eigenvalue weighted by Crippen LogP contribution is 2.41. The summed E-state index contributed by atoms with van der Waals surface area (Å²) in [6.07, 6.45) is 4.26. The van der Waals surface area contributed by atoms with Crippen LogP contribution in [-0.4, -0.2) is 35.5 Å². The number of benzene rings is 3. The lowest BCUT2D eigenvalue weighted by molar-refractivity contribution is 0.416. The third-order valence-corrected chi connectivity index (χ3v) is 7.79. The predicted molar refractivity (Wildman–Crippen MR) is 145 cm³/mol. The van der Waals surface area contributed by atoms with E-state index in [0.717, 1.165) is 16.7 Å². The fourth-order valence-corrected chi connectivity index (χ4v) is 5.26. The van der Waals surface area contributed by atoms with Crippen LogP contribution in [0.2, 0.25) is 10.0 Å². The fourth-order valence-electron chi connectivity index (χ4n) is 3.89. The van der Waals surface area contributed by atoms with E-state index < -0.39 is 10.0 Å². The molecule has 5 aromatic rings. The van der Waals surface area contributed by atoms with E-state index >= 15 is 0 Å². The Kier molecular flexibility index (Phi) is 6.68.